The number of nitrogens with one attached hydrogen (secondary N) is 2. The van der Waals surface area contributed by atoms with Gasteiger partial charge in [-0.2, -0.15) is 0 Å². The van der Waals surface area contributed by atoms with Gasteiger partial charge >= 0.3 is 0 Å². The molecule has 0 fully saturated rings. The summed E-state index contributed by atoms with van der Waals surface area (Å²) < 4.78 is 3.82. The van der Waals surface area contributed by atoms with Gasteiger partial charge < -0.3 is 19.8 Å². The number of aromatic nitrogens is 2. The summed E-state index contributed by atoms with van der Waals surface area (Å²) in [4.78, 5) is 25.1. The monoisotopic (exact) mass is 380 g/mol. The van der Waals surface area contributed by atoms with Crippen LogP contribution < -0.4 is 10.6 Å². The van der Waals surface area contributed by atoms with Crippen molar-refractivity contribution in [2.45, 2.75) is 26.3 Å². The Hall–Kier alpha value is -3.02. The molecule has 28 heavy (non-hydrogen) atoms. The molecule has 6 nitrogen and oxygen atoms in total. The Labute approximate surface area is 165 Å². The molecule has 1 aromatic carbocycles. The zero-order valence-corrected chi connectivity index (χ0v) is 16.7. The first-order valence-electron chi connectivity index (χ1n) is 9.70. The van der Waals surface area contributed by atoms with Crippen molar-refractivity contribution in [1.29, 1.82) is 0 Å². The highest BCUT2D eigenvalue weighted by Crippen LogP contribution is 2.19. The molecule has 0 saturated heterocycles. The number of carbonyl (C=O) groups is 2. The van der Waals surface area contributed by atoms with Gasteiger partial charge in [0, 0.05) is 43.4 Å². The fourth-order valence-corrected chi connectivity index (χ4v) is 3.44. The van der Waals surface area contributed by atoms with Crippen LogP contribution in [-0.2, 0) is 11.8 Å². The molecule has 0 bridgehead atoms. The van der Waals surface area contributed by atoms with Crippen molar-refractivity contribution in [2.24, 2.45) is 13.0 Å². The molecular weight excluding hydrogens is 352 g/mol. The fraction of sp³-hybridized carbons (Fsp3) is 0.364. The predicted molar refractivity (Wildman–Crippen MR) is 111 cm³/mol. The van der Waals surface area contributed by atoms with Gasteiger partial charge in [0.25, 0.3) is 5.91 Å². The molecule has 0 aliphatic heterocycles. The molecule has 3 rings (SSSR count). The Kier molecular flexibility index (Phi) is 6.19. The minimum atomic E-state index is -0.233. The first kappa shape index (κ1) is 19.7. The molecule has 0 saturated carbocycles. The molecule has 6 heteroatoms. The number of hydrogen-bond acceptors (Lipinski definition) is 2. The van der Waals surface area contributed by atoms with Gasteiger partial charge in [0.1, 0.15) is 11.7 Å². The molecular formula is C22H28N4O2. The van der Waals surface area contributed by atoms with E-state index in [1.807, 2.05) is 71.0 Å². The summed E-state index contributed by atoms with van der Waals surface area (Å²) in [5.41, 5.74) is 1.63. The highest BCUT2D eigenvalue weighted by atomic mass is 16.2. The summed E-state index contributed by atoms with van der Waals surface area (Å²) in [6.45, 7) is 4.98. The maximum Gasteiger partial charge on any atom is 0.267 e. The van der Waals surface area contributed by atoms with E-state index >= 15 is 0 Å². The van der Waals surface area contributed by atoms with Crippen LogP contribution in [0, 0.1) is 5.92 Å². The number of fused-ring (bicyclic) bond motifs is 1. The molecule has 3 aromatic rings. The molecule has 2 amide bonds. The highest BCUT2D eigenvalue weighted by Gasteiger charge is 2.20. The number of nitrogens with zero attached hydrogens (tertiary/aromatic N) is 2. The van der Waals surface area contributed by atoms with Gasteiger partial charge in [-0.25, -0.2) is 0 Å². The van der Waals surface area contributed by atoms with Crippen LogP contribution in [0.1, 0.15) is 36.8 Å². The molecule has 0 aliphatic carbocycles. The Morgan fingerprint density at radius 3 is 2.36 bits per heavy atom. The Bertz CT molecular complexity index is 941. The topological polar surface area (TPSA) is 68.1 Å². The molecule has 2 aromatic heterocycles. The molecule has 0 spiro atoms. The number of benzene rings is 1. The van der Waals surface area contributed by atoms with Crippen molar-refractivity contribution >= 4 is 22.7 Å². The van der Waals surface area contributed by atoms with Crippen molar-refractivity contribution < 1.29 is 9.59 Å². The number of para-hydroxylation sites is 1. The van der Waals surface area contributed by atoms with Gasteiger partial charge in [0.15, 0.2) is 0 Å². The first-order chi connectivity index (χ1) is 13.5. The van der Waals surface area contributed by atoms with Crippen molar-refractivity contribution in [2.75, 3.05) is 13.1 Å². The lowest BCUT2D eigenvalue weighted by Crippen LogP contribution is -2.38. The lowest BCUT2D eigenvalue weighted by Gasteiger charge is -2.20. The van der Waals surface area contributed by atoms with Crippen molar-refractivity contribution in [3.05, 3.63) is 60.6 Å². The number of rotatable bonds is 8. The lowest BCUT2D eigenvalue weighted by atomic mass is 10.0. The van der Waals surface area contributed by atoms with E-state index in [0.717, 1.165) is 17.3 Å². The lowest BCUT2D eigenvalue weighted by molar-refractivity contribution is -0.124. The minimum absolute atomic E-state index is 0.0243. The van der Waals surface area contributed by atoms with Gasteiger partial charge in [-0.1, -0.05) is 32.0 Å². The Balaban J connectivity index is 1.53. The van der Waals surface area contributed by atoms with Gasteiger partial charge in [-0.3, -0.25) is 9.59 Å². The third-order valence-electron chi connectivity index (χ3n) is 4.88. The van der Waals surface area contributed by atoms with Crippen LogP contribution >= 0.6 is 0 Å². The SMILES string of the molecule is CC(C)C[C@H](C(=O)NCCNC(=O)c1cc2ccccc2n1C)n1cccc1. The van der Waals surface area contributed by atoms with Gasteiger partial charge in [-0.05, 0) is 36.6 Å². The largest absolute Gasteiger partial charge is 0.353 e. The summed E-state index contributed by atoms with van der Waals surface area (Å²) in [6, 6.07) is 13.4. The van der Waals surface area contributed by atoms with E-state index in [4.69, 9.17) is 0 Å². The molecule has 148 valence electrons. The van der Waals surface area contributed by atoms with E-state index in [1.54, 1.807) is 0 Å². The van der Waals surface area contributed by atoms with Gasteiger partial charge in [-0.15, -0.1) is 0 Å². The first-order valence-corrected chi connectivity index (χ1v) is 9.70. The second-order valence-corrected chi connectivity index (χ2v) is 7.47. The average molecular weight is 380 g/mol. The van der Waals surface area contributed by atoms with Crippen LogP contribution in [0.3, 0.4) is 0 Å². The van der Waals surface area contributed by atoms with Crippen LogP contribution in [0.25, 0.3) is 10.9 Å². The Morgan fingerprint density at radius 1 is 1.00 bits per heavy atom. The zero-order valence-electron chi connectivity index (χ0n) is 16.7. The van der Waals surface area contributed by atoms with Crippen molar-refractivity contribution in [3.63, 3.8) is 0 Å². The third kappa shape index (κ3) is 4.44. The number of amides is 2. The fourth-order valence-electron chi connectivity index (χ4n) is 3.44. The maximum absolute atomic E-state index is 12.6. The van der Waals surface area contributed by atoms with Crippen LogP contribution in [-0.4, -0.2) is 34.0 Å². The summed E-state index contributed by atoms with van der Waals surface area (Å²) in [5, 5.41) is 6.87. The van der Waals surface area contributed by atoms with E-state index in [2.05, 4.69) is 24.5 Å². The molecule has 0 unspecified atom stereocenters. The normalized spacial score (nSPS) is 12.3. The predicted octanol–water partition coefficient (Wildman–Crippen LogP) is 3.11. The number of aryl methyl sites for hydroxylation is 1. The van der Waals surface area contributed by atoms with Gasteiger partial charge in [0.05, 0.1) is 0 Å². The van der Waals surface area contributed by atoms with Crippen LogP contribution in [0.4, 0.5) is 0 Å². The molecule has 0 radical (unpaired) electrons. The number of hydrogen-bond donors (Lipinski definition) is 2. The van der Waals surface area contributed by atoms with E-state index in [9.17, 15) is 9.59 Å². The summed E-state index contributed by atoms with van der Waals surface area (Å²) in [5.74, 6) is 0.241. The van der Waals surface area contributed by atoms with E-state index in [-0.39, 0.29) is 17.9 Å². The summed E-state index contributed by atoms with van der Waals surface area (Å²) in [6.07, 6.45) is 4.59. The maximum atomic E-state index is 12.6. The van der Waals surface area contributed by atoms with Gasteiger partial charge in [0.2, 0.25) is 5.91 Å². The Morgan fingerprint density at radius 2 is 1.68 bits per heavy atom. The molecule has 1 atom stereocenters. The zero-order chi connectivity index (χ0) is 20.1. The van der Waals surface area contributed by atoms with Crippen molar-refractivity contribution in [1.82, 2.24) is 19.8 Å². The average Bonchev–Trinajstić information content (AvgIpc) is 3.31. The molecule has 2 heterocycles. The minimum Gasteiger partial charge on any atom is -0.353 e. The van der Waals surface area contributed by atoms with Crippen LogP contribution in [0.5, 0.6) is 0 Å². The smallest absolute Gasteiger partial charge is 0.267 e. The second-order valence-electron chi connectivity index (χ2n) is 7.47. The van der Waals surface area contributed by atoms with Crippen LogP contribution in [0.2, 0.25) is 0 Å². The quantitative estimate of drug-likeness (QED) is 0.590. The summed E-state index contributed by atoms with van der Waals surface area (Å²) in [7, 11) is 1.88. The van der Waals surface area contributed by atoms with Crippen LogP contribution in [0.15, 0.2) is 54.9 Å². The van der Waals surface area contributed by atoms with E-state index in [1.165, 1.54) is 0 Å². The van der Waals surface area contributed by atoms with E-state index in [0.29, 0.717) is 24.7 Å². The highest BCUT2D eigenvalue weighted by molar-refractivity contribution is 5.98. The standard InChI is InChI=1S/C22H28N4O2/c1-16(2)14-20(26-12-6-7-13-26)22(28)24-11-10-23-21(27)19-15-17-8-4-5-9-18(17)25(19)3/h4-9,12-13,15-16,20H,10-11,14H2,1-3H3,(H,23,27)(H,24,28)/t20-/m1/s1. The summed E-state index contributed by atoms with van der Waals surface area (Å²) >= 11 is 0. The molecule has 0 aliphatic rings. The van der Waals surface area contributed by atoms with Crippen molar-refractivity contribution in [3.8, 4) is 0 Å². The third-order valence-corrected chi connectivity index (χ3v) is 4.88. The second kappa shape index (κ2) is 8.78. The number of carbonyl (C=O) groups excluding carboxylic acids is 2. The van der Waals surface area contributed by atoms with E-state index < -0.39 is 0 Å². The molecule has 2 N–H and O–H groups in total.